The van der Waals surface area contributed by atoms with E-state index in [1.54, 1.807) is 0 Å². The Balaban J connectivity index is 0.884. The van der Waals surface area contributed by atoms with Gasteiger partial charge in [0.2, 0.25) is 0 Å². The fourth-order valence-corrected chi connectivity index (χ4v) is 8.59. The first kappa shape index (κ1) is 36.8. The van der Waals surface area contributed by atoms with Crippen molar-refractivity contribution in [3.05, 3.63) is 249 Å². The molecule has 0 unspecified atom stereocenters. The van der Waals surface area contributed by atoms with Crippen LogP contribution in [-0.4, -0.2) is 0 Å². The average molecular weight is 792 g/mol. The first-order chi connectivity index (χ1) is 30.7. The number of anilines is 3. The molecule has 0 aliphatic rings. The van der Waals surface area contributed by atoms with Gasteiger partial charge in [0.05, 0.1) is 0 Å². The largest absolute Gasteiger partial charge is 0.456 e. The highest BCUT2D eigenvalue weighted by atomic mass is 16.3. The van der Waals surface area contributed by atoms with Crippen LogP contribution in [-0.2, 0) is 0 Å². The first-order valence-corrected chi connectivity index (χ1v) is 21.1. The molecule has 11 rings (SSSR count). The normalized spacial score (nSPS) is 11.2. The Labute approximate surface area is 362 Å². The van der Waals surface area contributed by atoms with E-state index in [0.717, 1.165) is 55.7 Å². The van der Waals surface area contributed by atoms with E-state index < -0.39 is 0 Å². The Bertz CT molecular complexity index is 3130. The standard InChI is InChI=1S/C60H41NO/c1-3-9-42(10-4-1)44-15-19-46(20-16-44)49-27-34-54(35-28-49)61(55-36-29-50(30-37-55)47-21-17-45(18-22-47)43-11-5-2-6-12-43)56-38-31-51(32-39-56)48-23-25-52(26-24-48)53-33-40-58-57-13-7-8-14-59(57)62-60(58)41-53/h1-41H. The van der Waals surface area contributed by atoms with Gasteiger partial charge >= 0.3 is 0 Å². The van der Waals surface area contributed by atoms with Crippen molar-refractivity contribution in [1.82, 2.24) is 0 Å². The van der Waals surface area contributed by atoms with E-state index in [0.29, 0.717) is 0 Å². The molecule has 0 saturated carbocycles. The van der Waals surface area contributed by atoms with Crippen molar-refractivity contribution in [3.8, 4) is 66.8 Å². The topological polar surface area (TPSA) is 16.4 Å². The van der Waals surface area contributed by atoms with Gasteiger partial charge < -0.3 is 9.32 Å². The van der Waals surface area contributed by atoms with Crippen molar-refractivity contribution in [3.63, 3.8) is 0 Å². The number of benzene rings is 10. The van der Waals surface area contributed by atoms with Crippen LogP contribution in [0.4, 0.5) is 17.1 Å². The lowest BCUT2D eigenvalue weighted by molar-refractivity contribution is 0.669. The molecule has 1 aromatic heterocycles. The molecule has 292 valence electrons. The minimum absolute atomic E-state index is 0.909. The van der Waals surface area contributed by atoms with Crippen LogP contribution in [0.1, 0.15) is 0 Å². The lowest BCUT2D eigenvalue weighted by Gasteiger charge is -2.26. The quantitative estimate of drug-likeness (QED) is 0.145. The van der Waals surface area contributed by atoms with E-state index in [1.807, 2.05) is 12.1 Å². The molecular formula is C60H41NO. The van der Waals surface area contributed by atoms with Gasteiger partial charge in [0.15, 0.2) is 0 Å². The summed E-state index contributed by atoms with van der Waals surface area (Å²) in [5, 5.41) is 2.29. The molecule has 0 radical (unpaired) electrons. The van der Waals surface area contributed by atoms with Crippen LogP contribution in [0.15, 0.2) is 253 Å². The van der Waals surface area contributed by atoms with E-state index >= 15 is 0 Å². The summed E-state index contributed by atoms with van der Waals surface area (Å²) in [6.45, 7) is 0. The van der Waals surface area contributed by atoms with E-state index in [1.165, 1.54) is 50.1 Å². The van der Waals surface area contributed by atoms with Crippen molar-refractivity contribution >= 4 is 39.0 Å². The smallest absolute Gasteiger partial charge is 0.136 e. The van der Waals surface area contributed by atoms with Crippen LogP contribution >= 0.6 is 0 Å². The number of hydrogen-bond donors (Lipinski definition) is 0. The maximum Gasteiger partial charge on any atom is 0.136 e. The molecular weight excluding hydrogens is 751 g/mol. The van der Waals surface area contributed by atoms with Gasteiger partial charge in [-0.25, -0.2) is 0 Å². The zero-order valence-corrected chi connectivity index (χ0v) is 34.0. The van der Waals surface area contributed by atoms with E-state index in [-0.39, 0.29) is 0 Å². The van der Waals surface area contributed by atoms with Gasteiger partial charge in [-0.3, -0.25) is 0 Å². The number of furan rings is 1. The van der Waals surface area contributed by atoms with Gasteiger partial charge in [-0.1, -0.05) is 194 Å². The van der Waals surface area contributed by atoms with Crippen molar-refractivity contribution in [2.45, 2.75) is 0 Å². The Morgan fingerprint density at radius 2 is 0.484 bits per heavy atom. The third kappa shape index (κ3) is 7.25. The minimum Gasteiger partial charge on any atom is -0.456 e. The summed E-state index contributed by atoms with van der Waals surface area (Å²) in [6.07, 6.45) is 0. The van der Waals surface area contributed by atoms with Crippen LogP contribution < -0.4 is 4.90 Å². The second-order valence-electron chi connectivity index (χ2n) is 15.7. The van der Waals surface area contributed by atoms with Gasteiger partial charge in [-0.2, -0.15) is 0 Å². The van der Waals surface area contributed by atoms with E-state index in [4.69, 9.17) is 4.42 Å². The Morgan fingerprint density at radius 1 is 0.210 bits per heavy atom. The molecule has 1 heterocycles. The van der Waals surface area contributed by atoms with E-state index in [9.17, 15) is 0 Å². The average Bonchev–Trinajstić information content (AvgIpc) is 3.74. The highest BCUT2D eigenvalue weighted by molar-refractivity contribution is 6.05. The van der Waals surface area contributed by atoms with Crippen LogP contribution in [0.5, 0.6) is 0 Å². The summed E-state index contributed by atoms with van der Waals surface area (Å²) in [6, 6.07) is 89.0. The molecule has 0 amide bonds. The van der Waals surface area contributed by atoms with Crippen molar-refractivity contribution < 1.29 is 4.42 Å². The van der Waals surface area contributed by atoms with Crippen molar-refractivity contribution in [2.24, 2.45) is 0 Å². The molecule has 0 spiro atoms. The van der Waals surface area contributed by atoms with Crippen LogP contribution in [0, 0.1) is 0 Å². The predicted molar refractivity (Wildman–Crippen MR) is 261 cm³/mol. The summed E-state index contributed by atoms with van der Waals surface area (Å²) < 4.78 is 6.19. The molecule has 10 aromatic carbocycles. The van der Waals surface area contributed by atoms with Crippen molar-refractivity contribution in [2.75, 3.05) is 4.90 Å². The highest BCUT2D eigenvalue weighted by Gasteiger charge is 2.15. The minimum atomic E-state index is 0.909. The van der Waals surface area contributed by atoms with Crippen LogP contribution in [0.2, 0.25) is 0 Å². The van der Waals surface area contributed by atoms with E-state index in [2.05, 4.69) is 241 Å². The van der Waals surface area contributed by atoms with Crippen molar-refractivity contribution in [1.29, 1.82) is 0 Å². The Morgan fingerprint density at radius 3 is 0.871 bits per heavy atom. The van der Waals surface area contributed by atoms with Crippen LogP contribution in [0.3, 0.4) is 0 Å². The van der Waals surface area contributed by atoms with Gasteiger partial charge in [0, 0.05) is 27.8 Å². The zero-order chi connectivity index (χ0) is 41.2. The lowest BCUT2D eigenvalue weighted by Crippen LogP contribution is -2.09. The third-order valence-electron chi connectivity index (χ3n) is 12.0. The molecule has 0 aliphatic carbocycles. The fourth-order valence-electron chi connectivity index (χ4n) is 8.59. The number of nitrogens with zero attached hydrogens (tertiary/aromatic N) is 1. The molecule has 0 N–H and O–H groups in total. The second-order valence-corrected chi connectivity index (χ2v) is 15.7. The molecule has 0 aliphatic heterocycles. The first-order valence-electron chi connectivity index (χ1n) is 21.1. The van der Waals surface area contributed by atoms with Gasteiger partial charge in [-0.05, 0) is 121 Å². The molecule has 11 aromatic rings. The molecule has 0 saturated heterocycles. The monoisotopic (exact) mass is 791 g/mol. The Hall–Kier alpha value is -8.20. The molecule has 62 heavy (non-hydrogen) atoms. The molecule has 2 nitrogen and oxygen atoms in total. The molecule has 0 bridgehead atoms. The molecule has 2 heteroatoms. The summed E-state index contributed by atoms with van der Waals surface area (Å²) in [5.41, 5.74) is 19.3. The lowest BCUT2D eigenvalue weighted by atomic mass is 9.98. The fraction of sp³-hybridized carbons (Fsp3) is 0. The maximum absolute atomic E-state index is 6.19. The van der Waals surface area contributed by atoms with Gasteiger partial charge in [-0.15, -0.1) is 0 Å². The number of para-hydroxylation sites is 1. The summed E-state index contributed by atoms with van der Waals surface area (Å²) in [5.74, 6) is 0. The summed E-state index contributed by atoms with van der Waals surface area (Å²) in [7, 11) is 0. The molecule has 0 fully saturated rings. The Kier molecular flexibility index (Phi) is 9.57. The highest BCUT2D eigenvalue weighted by Crippen LogP contribution is 2.39. The number of fused-ring (bicyclic) bond motifs is 3. The number of hydrogen-bond acceptors (Lipinski definition) is 2. The predicted octanol–water partition coefficient (Wildman–Crippen LogP) is 17.1. The summed E-state index contributed by atoms with van der Waals surface area (Å²) >= 11 is 0. The zero-order valence-electron chi connectivity index (χ0n) is 34.0. The third-order valence-corrected chi connectivity index (χ3v) is 12.0. The van der Waals surface area contributed by atoms with Crippen LogP contribution in [0.25, 0.3) is 88.7 Å². The van der Waals surface area contributed by atoms with Gasteiger partial charge in [0.1, 0.15) is 11.2 Å². The maximum atomic E-state index is 6.19. The molecule has 0 atom stereocenters. The van der Waals surface area contributed by atoms with Gasteiger partial charge in [0.25, 0.3) is 0 Å². The number of rotatable bonds is 9. The summed E-state index contributed by atoms with van der Waals surface area (Å²) in [4.78, 5) is 2.34. The second kappa shape index (κ2) is 16.1. The SMILES string of the molecule is c1ccc(-c2ccc(-c3ccc(N(c4ccc(-c5ccc(-c6ccccc6)cc5)cc4)c4ccc(-c5ccc(-c6ccc7c(c6)oc6ccccc67)cc5)cc4)cc3)cc2)cc1.